The first-order valence-corrected chi connectivity index (χ1v) is 10.8. The first kappa shape index (κ1) is 18.1. The van der Waals surface area contributed by atoms with Crippen LogP contribution in [0.5, 0.6) is 0 Å². The Bertz CT molecular complexity index is 483. The lowest BCUT2D eigenvalue weighted by Crippen LogP contribution is -2.46. The minimum absolute atomic E-state index is 0.590. The second-order valence-corrected chi connectivity index (χ2v) is 8.40. The van der Waals surface area contributed by atoms with Crippen LogP contribution in [-0.2, 0) is 6.54 Å². The summed E-state index contributed by atoms with van der Waals surface area (Å²) in [6, 6.07) is 0.590. The molecule has 1 saturated carbocycles. The van der Waals surface area contributed by atoms with Gasteiger partial charge in [-0.15, -0.1) is 11.3 Å². The topological polar surface area (TPSA) is 31.4 Å². The van der Waals surface area contributed by atoms with Gasteiger partial charge in [0, 0.05) is 43.8 Å². The highest BCUT2D eigenvalue weighted by molar-refractivity contribution is 7.80. The molecule has 1 aromatic heterocycles. The van der Waals surface area contributed by atoms with E-state index < -0.39 is 0 Å². The molecule has 6 heteroatoms. The molecule has 0 radical (unpaired) electrons. The Labute approximate surface area is 155 Å². The molecule has 0 spiro atoms. The summed E-state index contributed by atoms with van der Waals surface area (Å²) in [5.74, 6) is 0. The van der Waals surface area contributed by atoms with Crippen molar-refractivity contribution in [3.63, 3.8) is 0 Å². The molecule has 1 aliphatic carbocycles. The maximum absolute atomic E-state index is 5.73. The van der Waals surface area contributed by atoms with Crippen LogP contribution in [0.15, 0.2) is 11.6 Å². The lowest BCUT2D eigenvalue weighted by atomic mass is 9.97. The molecular weight excluding hydrogens is 336 g/mol. The van der Waals surface area contributed by atoms with Crippen molar-refractivity contribution in [2.45, 2.75) is 64.0 Å². The van der Waals surface area contributed by atoms with Gasteiger partial charge in [0.15, 0.2) is 5.11 Å². The Hall–Kier alpha value is -0.720. The molecule has 134 valence electrons. The zero-order valence-electron chi connectivity index (χ0n) is 14.6. The van der Waals surface area contributed by atoms with Gasteiger partial charge in [0.05, 0.1) is 6.54 Å². The fourth-order valence-electron chi connectivity index (χ4n) is 3.72. The molecule has 0 atom stereocenters. The van der Waals surface area contributed by atoms with Gasteiger partial charge in [-0.3, -0.25) is 4.90 Å². The molecule has 2 heterocycles. The van der Waals surface area contributed by atoms with E-state index in [9.17, 15) is 0 Å². The molecule has 1 aromatic rings. The summed E-state index contributed by atoms with van der Waals surface area (Å²) in [4.78, 5) is 9.31. The van der Waals surface area contributed by atoms with Gasteiger partial charge in [-0.25, -0.2) is 4.98 Å². The van der Waals surface area contributed by atoms with Gasteiger partial charge in [-0.05, 0) is 31.5 Å². The average molecular weight is 367 g/mol. The summed E-state index contributed by atoms with van der Waals surface area (Å²) < 4.78 is 0. The van der Waals surface area contributed by atoms with Crippen molar-refractivity contribution >= 4 is 28.7 Å². The van der Waals surface area contributed by atoms with E-state index in [4.69, 9.17) is 12.2 Å². The summed E-state index contributed by atoms with van der Waals surface area (Å²) in [7, 11) is 0. The molecule has 4 nitrogen and oxygen atoms in total. The van der Waals surface area contributed by atoms with Crippen LogP contribution >= 0.6 is 23.6 Å². The Morgan fingerprint density at radius 2 is 1.88 bits per heavy atom. The molecule has 1 N–H and O–H groups in total. The van der Waals surface area contributed by atoms with E-state index in [1.165, 1.54) is 56.4 Å². The number of hydrogen-bond donors (Lipinski definition) is 1. The molecule has 24 heavy (non-hydrogen) atoms. The predicted molar refractivity (Wildman–Crippen MR) is 105 cm³/mol. The summed E-state index contributed by atoms with van der Waals surface area (Å²) in [5, 5.41) is 7.94. The van der Waals surface area contributed by atoms with Crippen molar-refractivity contribution < 1.29 is 0 Å². The highest BCUT2D eigenvalue weighted by Gasteiger charge is 2.20. The van der Waals surface area contributed by atoms with Gasteiger partial charge in [0.1, 0.15) is 5.01 Å². The Kier molecular flexibility index (Phi) is 7.30. The zero-order valence-corrected chi connectivity index (χ0v) is 16.2. The number of nitrogens with one attached hydrogen (secondary N) is 1. The minimum atomic E-state index is 0.590. The van der Waals surface area contributed by atoms with Crippen LogP contribution in [0.25, 0.3) is 0 Å². The van der Waals surface area contributed by atoms with Crippen molar-refractivity contribution in [1.29, 1.82) is 0 Å². The third-order valence-electron chi connectivity index (χ3n) is 5.15. The van der Waals surface area contributed by atoms with Gasteiger partial charge in [0.2, 0.25) is 0 Å². The van der Waals surface area contributed by atoms with E-state index in [-0.39, 0.29) is 0 Å². The average Bonchev–Trinajstić information content (AvgIpc) is 2.94. The second-order valence-electron chi connectivity index (χ2n) is 7.03. The first-order valence-electron chi connectivity index (χ1n) is 9.47. The SMILES string of the molecule is S=C(NC1CCCCCCC1)N1CCCN(Cc2nccs2)CC1. The van der Waals surface area contributed by atoms with Crippen molar-refractivity contribution in [2.24, 2.45) is 0 Å². The van der Waals surface area contributed by atoms with E-state index in [1.807, 2.05) is 6.20 Å². The van der Waals surface area contributed by atoms with Crippen LogP contribution in [0.4, 0.5) is 0 Å². The number of rotatable bonds is 3. The van der Waals surface area contributed by atoms with Crippen molar-refractivity contribution in [3.05, 3.63) is 16.6 Å². The second kappa shape index (κ2) is 9.68. The van der Waals surface area contributed by atoms with E-state index >= 15 is 0 Å². The minimum Gasteiger partial charge on any atom is -0.360 e. The molecule has 1 saturated heterocycles. The van der Waals surface area contributed by atoms with Crippen molar-refractivity contribution in [2.75, 3.05) is 26.2 Å². The Balaban J connectivity index is 1.45. The maximum atomic E-state index is 5.73. The molecule has 2 aliphatic rings. The highest BCUT2D eigenvalue weighted by atomic mass is 32.1. The third-order valence-corrected chi connectivity index (χ3v) is 6.29. The number of aromatic nitrogens is 1. The van der Waals surface area contributed by atoms with Gasteiger partial charge < -0.3 is 10.2 Å². The van der Waals surface area contributed by atoms with Crippen LogP contribution in [0.2, 0.25) is 0 Å². The van der Waals surface area contributed by atoms with Gasteiger partial charge >= 0.3 is 0 Å². The van der Waals surface area contributed by atoms with E-state index in [1.54, 1.807) is 11.3 Å². The molecule has 3 rings (SSSR count). The van der Waals surface area contributed by atoms with Crippen molar-refractivity contribution in [3.8, 4) is 0 Å². The van der Waals surface area contributed by atoms with E-state index in [2.05, 4.69) is 25.5 Å². The first-order chi connectivity index (χ1) is 11.8. The van der Waals surface area contributed by atoms with Crippen LogP contribution in [-0.4, -0.2) is 52.1 Å². The number of nitrogens with zero attached hydrogens (tertiary/aromatic N) is 3. The Morgan fingerprint density at radius 3 is 2.62 bits per heavy atom. The highest BCUT2D eigenvalue weighted by Crippen LogP contribution is 2.18. The predicted octanol–water partition coefficient (Wildman–Crippen LogP) is 3.64. The van der Waals surface area contributed by atoms with Crippen LogP contribution in [0.3, 0.4) is 0 Å². The van der Waals surface area contributed by atoms with Crippen molar-refractivity contribution in [1.82, 2.24) is 20.1 Å². The van der Waals surface area contributed by atoms with Crippen LogP contribution < -0.4 is 5.32 Å². The molecule has 0 amide bonds. The third kappa shape index (κ3) is 5.67. The summed E-state index contributed by atoms with van der Waals surface area (Å²) in [5.41, 5.74) is 0. The van der Waals surface area contributed by atoms with Crippen LogP contribution in [0, 0.1) is 0 Å². The summed E-state index contributed by atoms with van der Waals surface area (Å²) in [6.07, 6.45) is 12.5. The molecule has 1 aliphatic heterocycles. The smallest absolute Gasteiger partial charge is 0.169 e. The number of thiazole rings is 1. The number of thiocarbonyl (C=S) groups is 1. The fourth-order valence-corrected chi connectivity index (χ4v) is 4.73. The largest absolute Gasteiger partial charge is 0.360 e. The molecular formula is C18H30N4S2. The van der Waals surface area contributed by atoms with E-state index in [0.717, 1.165) is 37.8 Å². The maximum Gasteiger partial charge on any atom is 0.169 e. The quantitative estimate of drug-likeness (QED) is 0.826. The molecule has 0 bridgehead atoms. The lowest BCUT2D eigenvalue weighted by molar-refractivity contribution is 0.276. The Morgan fingerprint density at radius 1 is 1.08 bits per heavy atom. The standard InChI is InChI=1S/C18H30N4S2/c23-18(20-16-7-4-2-1-3-5-8-16)22-11-6-10-21(12-13-22)15-17-19-9-14-24-17/h9,14,16H,1-8,10-13,15H2,(H,20,23). The number of hydrogen-bond acceptors (Lipinski definition) is 4. The normalized spacial score (nSPS) is 21.8. The fraction of sp³-hybridized carbons (Fsp3) is 0.778. The zero-order chi connectivity index (χ0) is 16.6. The summed E-state index contributed by atoms with van der Waals surface area (Å²) in [6.45, 7) is 5.30. The van der Waals surface area contributed by atoms with Gasteiger partial charge in [0.25, 0.3) is 0 Å². The lowest BCUT2D eigenvalue weighted by Gasteiger charge is -2.29. The molecule has 0 unspecified atom stereocenters. The monoisotopic (exact) mass is 366 g/mol. The molecule has 2 fully saturated rings. The van der Waals surface area contributed by atoms with Gasteiger partial charge in [-0.1, -0.05) is 32.1 Å². The van der Waals surface area contributed by atoms with Crippen LogP contribution in [0.1, 0.15) is 56.4 Å². The molecule has 0 aromatic carbocycles. The van der Waals surface area contributed by atoms with E-state index in [0.29, 0.717) is 6.04 Å². The summed E-state index contributed by atoms with van der Waals surface area (Å²) >= 11 is 7.49. The van der Waals surface area contributed by atoms with Gasteiger partial charge in [-0.2, -0.15) is 0 Å².